The van der Waals surface area contributed by atoms with Crippen molar-refractivity contribution in [1.82, 2.24) is 0 Å². The van der Waals surface area contributed by atoms with Gasteiger partial charge in [0.1, 0.15) is 11.5 Å². The molecule has 3 heteroatoms. The Morgan fingerprint density at radius 1 is 0.309 bits per heavy atom. The highest BCUT2D eigenvalue weighted by molar-refractivity contribution is 7.19. The number of fused-ring (bicyclic) bond motifs is 13. The summed E-state index contributed by atoms with van der Waals surface area (Å²) in [5.74, 6) is 1.79. The molecule has 16 rings (SSSR count). The lowest BCUT2D eigenvalue weighted by Crippen LogP contribution is -2.26. The summed E-state index contributed by atoms with van der Waals surface area (Å²) in [6.07, 6.45) is 0. The molecule has 2 aromatic heterocycles. The summed E-state index contributed by atoms with van der Waals surface area (Å²) in [7, 11) is 0. The molecule has 0 amide bonds. The number of benzene rings is 11. The standard InChI is InChI=1S/C78H53NOS/c1-77(2)64-37-21-18-35-60(64)61-47-45-58(49-66(61)77)79(68-39-23-20-34-59(68)51-24-8-3-9-25-51)57-43-40-50(41-44-57)56-42-46-63-67(48-56)78(72-70(63)75(54-30-14-6-15-31-54)81-76(72)55-32-16-7-17-33-55)65-38-22-19-36-62(65)69-71(78)74(53-28-12-5-13-29-53)80-73(69)52-26-10-4-11-27-52/h3-49H,1-2H3. The number of para-hydroxylation sites is 1. The predicted molar refractivity (Wildman–Crippen MR) is 338 cm³/mol. The summed E-state index contributed by atoms with van der Waals surface area (Å²) in [5, 5.41) is 0. The van der Waals surface area contributed by atoms with Crippen LogP contribution in [0.5, 0.6) is 0 Å². The smallest absolute Gasteiger partial charge is 0.142 e. The van der Waals surface area contributed by atoms with Crippen LogP contribution in [0, 0.1) is 0 Å². The monoisotopic (exact) mass is 1050 g/mol. The van der Waals surface area contributed by atoms with Crippen molar-refractivity contribution >= 4 is 28.4 Å². The Morgan fingerprint density at radius 2 is 0.790 bits per heavy atom. The van der Waals surface area contributed by atoms with Gasteiger partial charge >= 0.3 is 0 Å². The first-order valence-corrected chi connectivity index (χ1v) is 28.9. The third-order valence-corrected chi connectivity index (χ3v) is 18.8. The molecule has 0 bridgehead atoms. The molecule has 3 aliphatic rings. The maximum atomic E-state index is 7.48. The molecule has 0 saturated heterocycles. The minimum atomic E-state index is -0.762. The van der Waals surface area contributed by atoms with Crippen molar-refractivity contribution in [2.24, 2.45) is 0 Å². The van der Waals surface area contributed by atoms with Crippen LogP contribution in [-0.2, 0) is 10.8 Å². The average molecular weight is 1050 g/mol. The van der Waals surface area contributed by atoms with Crippen molar-refractivity contribution in [3.05, 3.63) is 318 Å². The van der Waals surface area contributed by atoms with Crippen LogP contribution in [0.25, 0.3) is 99.2 Å². The summed E-state index contributed by atoms with van der Waals surface area (Å²) in [6, 6.07) is 105. The molecule has 0 radical (unpaired) electrons. The Kier molecular flexibility index (Phi) is 10.7. The van der Waals surface area contributed by atoms with E-state index in [1.165, 1.54) is 93.2 Å². The number of rotatable bonds is 9. The first kappa shape index (κ1) is 47.2. The Balaban J connectivity index is 0.933. The Bertz CT molecular complexity index is 4530. The molecule has 2 heterocycles. The zero-order chi connectivity index (χ0) is 53.8. The van der Waals surface area contributed by atoms with E-state index in [9.17, 15) is 0 Å². The van der Waals surface area contributed by atoms with E-state index in [0.717, 1.165) is 56.4 Å². The molecule has 0 N–H and O–H groups in total. The number of thiophene rings is 1. The highest BCUT2D eigenvalue weighted by Crippen LogP contribution is 2.71. The van der Waals surface area contributed by atoms with E-state index in [1.807, 2.05) is 11.3 Å². The molecule has 13 aromatic rings. The molecule has 382 valence electrons. The summed E-state index contributed by atoms with van der Waals surface area (Å²) in [5.41, 5.74) is 26.9. The van der Waals surface area contributed by atoms with Gasteiger partial charge in [0.15, 0.2) is 0 Å². The third kappa shape index (κ3) is 7.05. The second kappa shape index (κ2) is 18.4. The second-order valence-corrected chi connectivity index (χ2v) is 23.2. The van der Waals surface area contributed by atoms with Gasteiger partial charge in [0.05, 0.1) is 11.1 Å². The maximum absolute atomic E-state index is 7.48. The average Bonchev–Trinajstić information content (AvgIpc) is 4.48. The zero-order valence-corrected chi connectivity index (χ0v) is 45.7. The lowest BCUT2D eigenvalue weighted by molar-refractivity contribution is 0.588. The van der Waals surface area contributed by atoms with E-state index in [2.05, 4.69) is 304 Å². The lowest BCUT2D eigenvalue weighted by Gasteiger charge is -2.31. The van der Waals surface area contributed by atoms with Crippen LogP contribution < -0.4 is 4.90 Å². The summed E-state index contributed by atoms with van der Waals surface area (Å²) in [4.78, 5) is 5.00. The normalized spacial score (nSPS) is 14.7. The summed E-state index contributed by atoms with van der Waals surface area (Å²) in [6.45, 7) is 4.73. The molecular formula is C78H53NOS. The zero-order valence-electron chi connectivity index (χ0n) is 44.9. The van der Waals surface area contributed by atoms with E-state index < -0.39 is 5.41 Å². The Labute approximate surface area is 477 Å². The van der Waals surface area contributed by atoms with E-state index in [-0.39, 0.29) is 5.41 Å². The highest BCUT2D eigenvalue weighted by atomic mass is 32.1. The van der Waals surface area contributed by atoms with Crippen molar-refractivity contribution in [3.63, 3.8) is 0 Å². The van der Waals surface area contributed by atoms with Crippen LogP contribution >= 0.6 is 11.3 Å². The predicted octanol–water partition coefficient (Wildman–Crippen LogP) is 21.5. The SMILES string of the molecule is CC1(C)c2ccccc2-c2ccc(N(c3ccc(-c4ccc5c(c4)C4(c6ccccc6-c6c(-c7ccccc7)oc(-c7ccccc7)c64)c4c(-c6ccccc6)sc(-c6ccccc6)c4-5)cc3)c3ccccc3-c3ccccc3)cc21. The first-order chi connectivity index (χ1) is 40.0. The van der Waals surface area contributed by atoms with Crippen LogP contribution in [0.3, 0.4) is 0 Å². The minimum absolute atomic E-state index is 0.156. The van der Waals surface area contributed by atoms with E-state index in [1.54, 1.807) is 0 Å². The Morgan fingerprint density at radius 3 is 1.46 bits per heavy atom. The van der Waals surface area contributed by atoms with Crippen molar-refractivity contribution in [1.29, 1.82) is 0 Å². The molecule has 2 nitrogen and oxygen atoms in total. The second-order valence-electron chi connectivity index (χ2n) is 22.2. The number of furan rings is 1. The van der Waals surface area contributed by atoms with Crippen LogP contribution in [0.4, 0.5) is 17.1 Å². The third-order valence-electron chi connectivity index (χ3n) is 17.5. The molecule has 81 heavy (non-hydrogen) atoms. The van der Waals surface area contributed by atoms with Gasteiger partial charge in [-0.05, 0) is 114 Å². The Hall–Kier alpha value is -9.80. The summed E-state index contributed by atoms with van der Waals surface area (Å²) < 4.78 is 7.48. The molecule has 3 aliphatic carbocycles. The van der Waals surface area contributed by atoms with Crippen molar-refractivity contribution < 1.29 is 4.42 Å². The van der Waals surface area contributed by atoms with E-state index >= 15 is 0 Å². The van der Waals surface area contributed by atoms with E-state index in [4.69, 9.17) is 4.42 Å². The fourth-order valence-electron chi connectivity index (χ4n) is 13.9. The van der Waals surface area contributed by atoms with Gasteiger partial charge < -0.3 is 9.32 Å². The highest BCUT2D eigenvalue weighted by Gasteiger charge is 2.58. The van der Waals surface area contributed by atoms with Crippen molar-refractivity contribution in [2.75, 3.05) is 4.90 Å². The van der Waals surface area contributed by atoms with Gasteiger partial charge in [-0.15, -0.1) is 11.3 Å². The van der Waals surface area contributed by atoms with Gasteiger partial charge in [0.2, 0.25) is 0 Å². The van der Waals surface area contributed by atoms with Crippen LogP contribution in [0.15, 0.2) is 290 Å². The van der Waals surface area contributed by atoms with Crippen LogP contribution in [0.2, 0.25) is 0 Å². The van der Waals surface area contributed by atoms with Crippen LogP contribution in [-0.4, -0.2) is 0 Å². The van der Waals surface area contributed by atoms with Gasteiger partial charge in [0, 0.05) is 59.9 Å². The fourth-order valence-corrected chi connectivity index (χ4v) is 15.3. The molecule has 11 aromatic carbocycles. The van der Waals surface area contributed by atoms with Gasteiger partial charge in [-0.3, -0.25) is 0 Å². The number of nitrogens with zero attached hydrogens (tertiary/aromatic N) is 1. The van der Waals surface area contributed by atoms with E-state index in [0.29, 0.717) is 0 Å². The molecule has 0 fully saturated rings. The van der Waals surface area contributed by atoms with Gasteiger partial charge in [-0.2, -0.15) is 0 Å². The number of hydrogen-bond donors (Lipinski definition) is 0. The molecule has 1 spiro atoms. The van der Waals surface area contributed by atoms with Gasteiger partial charge in [-0.25, -0.2) is 0 Å². The van der Waals surface area contributed by atoms with Gasteiger partial charge in [-0.1, -0.05) is 263 Å². The molecule has 0 aliphatic heterocycles. The lowest BCUT2D eigenvalue weighted by atomic mass is 9.69. The van der Waals surface area contributed by atoms with Crippen molar-refractivity contribution in [2.45, 2.75) is 24.7 Å². The fraction of sp³-hybridized carbons (Fsp3) is 0.0513. The number of anilines is 3. The summed E-state index contributed by atoms with van der Waals surface area (Å²) >= 11 is 1.92. The first-order valence-electron chi connectivity index (χ1n) is 28.1. The van der Waals surface area contributed by atoms with Crippen molar-refractivity contribution in [3.8, 4) is 99.2 Å². The maximum Gasteiger partial charge on any atom is 0.142 e. The van der Waals surface area contributed by atoms with Gasteiger partial charge in [0.25, 0.3) is 0 Å². The topological polar surface area (TPSA) is 16.4 Å². The minimum Gasteiger partial charge on any atom is -0.455 e. The largest absolute Gasteiger partial charge is 0.455 e. The molecule has 1 atom stereocenters. The quantitative estimate of drug-likeness (QED) is 0.143. The van der Waals surface area contributed by atoms with Crippen LogP contribution in [0.1, 0.15) is 47.2 Å². The molecule has 0 saturated carbocycles. The molecular weight excluding hydrogens is 999 g/mol. The molecule has 1 unspecified atom stereocenters. The number of hydrogen-bond acceptors (Lipinski definition) is 3.